The summed E-state index contributed by atoms with van der Waals surface area (Å²) in [6.45, 7) is 0.236. The number of hydrogen-bond acceptors (Lipinski definition) is 9. The number of methoxy groups -OCH3 is 2. The van der Waals surface area contributed by atoms with Crippen molar-refractivity contribution in [1.29, 1.82) is 0 Å². The van der Waals surface area contributed by atoms with Gasteiger partial charge in [-0.2, -0.15) is 0 Å². The maximum absolute atomic E-state index is 12.8. The molecule has 2 aliphatic heterocycles. The molecule has 2 heterocycles. The molecule has 0 amide bonds. The van der Waals surface area contributed by atoms with Crippen molar-refractivity contribution >= 4 is 15.0 Å². The summed E-state index contributed by atoms with van der Waals surface area (Å²) < 4.78 is 32.6. The molecule has 164 valence electrons. The van der Waals surface area contributed by atoms with Gasteiger partial charge in [0.15, 0.2) is 23.0 Å². The van der Waals surface area contributed by atoms with Gasteiger partial charge in [0.05, 0.1) is 32.8 Å². The summed E-state index contributed by atoms with van der Waals surface area (Å²) in [5.74, 6) is 0.278. The van der Waals surface area contributed by atoms with Crippen molar-refractivity contribution in [3.8, 4) is 28.7 Å². The van der Waals surface area contributed by atoms with Crippen LogP contribution < -0.4 is 23.5 Å². The van der Waals surface area contributed by atoms with E-state index < -0.39 is 32.9 Å². The third kappa shape index (κ3) is 3.07. The minimum atomic E-state index is -0.876. The van der Waals surface area contributed by atoms with Crippen LogP contribution in [0.25, 0.3) is 0 Å². The molecule has 5 rings (SSSR count). The Morgan fingerprint density at radius 1 is 1.00 bits per heavy atom. The van der Waals surface area contributed by atoms with Crippen LogP contribution in [0.5, 0.6) is 28.7 Å². The van der Waals surface area contributed by atoms with Gasteiger partial charge in [0.25, 0.3) is 0 Å². The number of rotatable bonds is 5. The van der Waals surface area contributed by atoms with Gasteiger partial charge in [-0.1, -0.05) is 0 Å². The van der Waals surface area contributed by atoms with Gasteiger partial charge >= 0.3 is 5.97 Å². The zero-order chi connectivity index (χ0) is 21.7. The van der Waals surface area contributed by atoms with Crippen molar-refractivity contribution in [1.82, 2.24) is 0 Å². The molecule has 1 aliphatic carbocycles. The van der Waals surface area contributed by atoms with Crippen molar-refractivity contribution in [3.05, 3.63) is 41.0 Å². The molecule has 0 bridgehead atoms. The quantitative estimate of drug-likeness (QED) is 0.525. The van der Waals surface area contributed by atoms with Crippen LogP contribution in [0.2, 0.25) is 0 Å². The fraction of sp³-hybridized carbons (Fsp3) is 0.381. The van der Waals surface area contributed by atoms with Crippen LogP contribution in [-0.2, 0) is 9.53 Å². The van der Waals surface area contributed by atoms with Crippen molar-refractivity contribution in [2.75, 3.05) is 27.6 Å². The predicted octanol–water partition coefficient (Wildman–Crippen LogP) is 2.28. The van der Waals surface area contributed by atoms with Crippen LogP contribution in [0.3, 0.4) is 0 Å². The number of esters is 1. The van der Waals surface area contributed by atoms with Crippen molar-refractivity contribution in [2.24, 2.45) is 11.8 Å². The number of fused-ring (bicyclic) bond motifs is 3. The second-order valence-electron chi connectivity index (χ2n) is 7.52. The summed E-state index contributed by atoms with van der Waals surface area (Å²) in [4.78, 5) is 22.0. The molecule has 0 saturated carbocycles. The monoisotopic (exact) mass is 448 g/mol. The zero-order valence-corrected chi connectivity index (χ0v) is 17.8. The lowest BCUT2D eigenvalue weighted by atomic mass is 9.66. The predicted molar refractivity (Wildman–Crippen MR) is 108 cm³/mol. The van der Waals surface area contributed by atoms with Crippen LogP contribution in [0.15, 0.2) is 24.3 Å². The number of aliphatic hydroxyl groups excluding tert-OH is 1. The normalized spacial score (nSPS) is 25.9. The minimum Gasteiger partial charge on any atom is -0.493 e. The highest BCUT2D eigenvalue weighted by atomic mass is 31.1. The third-order valence-corrected chi connectivity index (χ3v) is 6.43. The summed E-state index contributed by atoms with van der Waals surface area (Å²) in [5, 5.41) is 11.0. The first-order chi connectivity index (χ1) is 15.1. The Bertz CT molecular complexity index is 1010. The summed E-state index contributed by atoms with van der Waals surface area (Å²) in [7, 11) is 2.17. The molecule has 1 saturated heterocycles. The van der Waals surface area contributed by atoms with E-state index in [-0.39, 0.29) is 25.1 Å². The number of benzene rings is 2. The summed E-state index contributed by atoms with van der Waals surface area (Å²) in [5.41, 5.74) is 2.14. The number of carbonyl (C=O) groups is 1. The van der Waals surface area contributed by atoms with E-state index in [1.165, 1.54) is 14.2 Å². The molecule has 0 aromatic heterocycles. The van der Waals surface area contributed by atoms with Gasteiger partial charge in [-0.05, 0) is 41.0 Å². The first-order valence-electron chi connectivity index (χ1n) is 9.67. The zero-order valence-electron chi connectivity index (χ0n) is 16.8. The molecule has 1 unspecified atom stereocenters. The molecule has 2 aromatic rings. The highest BCUT2D eigenvalue weighted by molar-refractivity contribution is 7.25. The standard InChI is InChI=1S/C21H21O9P/c1-25-15-3-9(4-16(26-2)20(15)30-31-24)17-10-5-13-14(29-8-28-13)6-11(10)19(22)12-7-27-21(23)18(12)17/h3-6,12,17-19,22,24,31H,7-8H2,1-2H3/t12-,17+,18-,19+/m0/s1. The Morgan fingerprint density at radius 2 is 1.65 bits per heavy atom. The smallest absolute Gasteiger partial charge is 0.310 e. The lowest BCUT2D eigenvalue weighted by molar-refractivity contribution is -0.141. The van der Waals surface area contributed by atoms with E-state index in [4.69, 9.17) is 28.2 Å². The van der Waals surface area contributed by atoms with Gasteiger partial charge < -0.3 is 38.2 Å². The largest absolute Gasteiger partial charge is 0.493 e. The van der Waals surface area contributed by atoms with Gasteiger partial charge in [0.2, 0.25) is 21.6 Å². The highest BCUT2D eigenvalue weighted by Crippen LogP contribution is 2.55. The third-order valence-electron chi connectivity index (χ3n) is 6.14. The van der Waals surface area contributed by atoms with E-state index in [0.29, 0.717) is 28.6 Å². The van der Waals surface area contributed by atoms with Crippen LogP contribution in [0.1, 0.15) is 28.7 Å². The Morgan fingerprint density at radius 3 is 2.26 bits per heavy atom. The molecular formula is C21H21O9P. The molecule has 2 N–H and O–H groups in total. The average molecular weight is 448 g/mol. The van der Waals surface area contributed by atoms with Crippen molar-refractivity contribution in [2.45, 2.75) is 12.0 Å². The van der Waals surface area contributed by atoms with Crippen molar-refractivity contribution in [3.63, 3.8) is 0 Å². The number of aliphatic hydroxyl groups is 1. The lowest BCUT2D eigenvalue weighted by Gasteiger charge is -2.37. The van der Waals surface area contributed by atoms with E-state index in [0.717, 1.165) is 11.1 Å². The molecule has 1 fully saturated rings. The topological polar surface area (TPSA) is 113 Å². The Balaban J connectivity index is 1.72. The second kappa shape index (κ2) is 7.75. The van der Waals surface area contributed by atoms with Crippen LogP contribution in [-0.4, -0.2) is 43.6 Å². The fourth-order valence-electron chi connectivity index (χ4n) is 4.76. The maximum Gasteiger partial charge on any atom is 0.310 e. The Labute approximate surface area is 179 Å². The molecule has 3 aliphatic rings. The summed E-state index contributed by atoms with van der Waals surface area (Å²) in [6, 6.07) is 7.08. The summed E-state index contributed by atoms with van der Waals surface area (Å²) >= 11 is 0. The van der Waals surface area contributed by atoms with Gasteiger partial charge in [0.1, 0.15) is 0 Å². The molecule has 0 spiro atoms. The Hall–Kier alpha value is -2.74. The first kappa shape index (κ1) is 20.2. The first-order valence-corrected chi connectivity index (χ1v) is 10.5. The van der Waals surface area contributed by atoms with Crippen LogP contribution in [0, 0.1) is 11.8 Å². The molecule has 2 aromatic carbocycles. The van der Waals surface area contributed by atoms with E-state index in [1.54, 1.807) is 18.2 Å². The fourth-order valence-corrected chi connectivity index (χ4v) is 5.05. The second-order valence-corrected chi connectivity index (χ2v) is 7.91. The number of carbonyl (C=O) groups excluding carboxylic acids is 1. The number of ether oxygens (including phenoxy) is 5. The van der Waals surface area contributed by atoms with E-state index in [1.807, 2.05) is 6.07 Å². The SMILES string of the molecule is COc1cc([C@@H]2c3cc4c(cc3[C@@H](O)[C@H]3COC(=O)[C@H]23)OCO4)cc(OC)c1OPO. The molecule has 10 heteroatoms. The Kier molecular flexibility index (Phi) is 5.04. The summed E-state index contributed by atoms with van der Waals surface area (Å²) in [6.07, 6.45) is -0.876. The number of cyclic esters (lactones) is 1. The molecule has 5 atom stereocenters. The van der Waals surface area contributed by atoms with Gasteiger partial charge in [-0.25, -0.2) is 0 Å². The minimum absolute atomic E-state index is 0.101. The molecule has 9 nitrogen and oxygen atoms in total. The van der Waals surface area contributed by atoms with Crippen LogP contribution in [0.4, 0.5) is 0 Å². The molecule has 31 heavy (non-hydrogen) atoms. The molecular weight excluding hydrogens is 427 g/mol. The highest BCUT2D eigenvalue weighted by Gasteiger charge is 2.52. The van der Waals surface area contributed by atoms with Crippen molar-refractivity contribution < 1.29 is 43.0 Å². The number of hydrogen-bond donors (Lipinski definition) is 2. The van der Waals surface area contributed by atoms with Gasteiger partial charge in [-0.15, -0.1) is 0 Å². The van der Waals surface area contributed by atoms with E-state index in [9.17, 15) is 14.8 Å². The maximum atomic E-state index is 12.8. The molecule has 0 radical (unpaired) electrons. The van der Waals surface area contributed by atoms with Crippen LogP contribution >= 0.6 is 9.03 Å². The van der Waals surface area contributed by atoms with Gasteiger partial charge in [0, 0.05) is 11.8 Å². The van der Waals surface area contributed by atoms with E-state index in [2.05, 4.69) is 0 Å². The van der Waals surface area contributed by atoms with E-state index >= 15 is 0 Å². The average Bonchev–Trinajstić information content (AvgIpc) is 3.40. The van der Waals surface area contributed by atoms with Gasteiger partial charge in [-0.3, -0.25) is 4.79 Å². The lowest BCUT2D eigenvalue weighted by Crippen LogP contribution is -2.34.